The van der Waals surface area contributed by atoms with E-state index in [2.05, 4.69) is 38.8 Å². The molecule has 0 aliphatic heterocycles. The van der Waals surface area contributed by atoms with Crippen molar-refractivity contribution < 1.29 is 23.9 Å². The molecular formula is C27H34N4O5. The minimum Gasteiger partial charge on any atom is -0.453 e. The van der Waals surface area contributed by atoms with Gasteiger partial charge in [-0.15, -0.1) is 13.2 Å². The summed E-state index contributed by atoms with van der Waals surface area (Å²) in [6.45, 7) is 14.5. The number of hydrogen-bond donors (Lipinski definition) is 3. The summed E-state index contributed by atoms with van der Waals surface area (Å²) in [5.41, 5.74) is 2.29. The Bertz CT molecular complexity index is 1120. The molecule has 0 spiro atoms. The van der Waals surface area contributed by atoms with Gasteiger partial charge in [-0.1, -0.05) is 25.1 Å². The Labute approximate surface area is 212 Å². The van der Waals surface area contributed by atoms with Crippen LogP contribution in [0.15, 0.2) is 61.8 Å². The Kier molecular flexibility index (Phi) is 9.78. The van der Waals surface area contributed by atoms with E-state index in [9.17, 15) is 14.4 Å². The maximum Gasteiger partial charge on any atom is 0.411 e. The Balaban J connectivity index is 2.47. The molecule has 0 saturated carbocycles. The van der Waals surface area contributed by atoms with Crippen molar-refractivity contribution in [2.75, 3.05) is 17.7 Å². The lowest BCUT2D eigenvalue weighted by atomic mass is 10.00. The maximum atomic E-state index is 12.6. The highest BCUT2D eigenvalue weighted by Crippen LogP contribution is 2.32. The Hall–Kier alpha value is -4.14. The van der Waals surface area contributed by atoms with Crippen LogP contribution in [0, 0.1) is 5.92 Å². The average Bonchev–Trinajstić information content (AvgIpc) is 2.82. The molecule has 0 aliphatic carbocycles. The summed E-state index contributed by atoms with van der Waals surface area (Å²) in [5.74, 6) is -0.690. The zero-order valence-corrected chi connectivity index (χ0v) is 21.4. The monoisotopic (exact) mass is 494 g/mol. The number of methoxy groups -OCH3 is 1. The van der Waals surface area contributed by atoms with E-state index in [1.165, 1.54) is 13.2 Å². The maximum absolute atomic E-state index is 12.6. The van der Waals surface area contributed by atoms with Crippen LogP contribution in [0.5, 0.6) is 0 Å². The van der Waals surface area contributed by atoms with Crippen LogP contribution in [0.3, 0.4) is 0 Å². The first-order valence-corrected chi connectivity index (χ1v) is 11.5. The molecule has 192 valence electrons. The number of anilines is 2. The zero-order valence-electron chi connectivity index (χ0n) is 21.4. The molecule has 2 rings (SSSR count). The van der Waals surface area contributed by atoms with Gasteiger partial charge in [0, 0.05) is 17.4 Å². The molecule has 0 saturated heterocycles. The number of carbonyl (C=O) groups is 3. The second kappa shape index (κ2) is 12.5. The van der Waals surface area contributed by atoms with E-state index in [4.69, 9.17) is 4.74 Å². The Morgan fingerprint density at radius 1 is 1.08 bits per heavy atom. The Morgan fingerprint density at radius 3 is 2.42 bits per heavy atom. The van der Waals surface area contributed by atoms with Crippen molar-refractivity contribution in [3.8, 4) is 11.1 Å². The van der Waals surface area contributed by atoms with Crippen molar-refractivity contribution in [3.63, 3.8) is 0 Å². The highest BCUT2D eigenvalue weighted by molar-refractivity contribution is 5.99. The first-order valence-electron chi connectivity index (χ1n) is 11.5. The van der Waals surface area contributed by atoms with E-state index < -0.39 is 29.7 Å². The molecule has 1 heterocycles. The summed E-state index contributed by atoms with van der Waals surface area (Å²) in [6.07, 6.45) is 4.08. The fourth-order valence-electron chi connectivity index (χ4n) is 3.18. The molecule has 2 aromatic rings. The number of aromatic nitrogens is 1. The third-order valence-corrected chi connectivity index (χ3v) is 5.02. The number of pyridine rings is 1. The summed E-state index contributed by atoms with van der Waals surface area (Å²) in [7, 11) is 1.27. The number of nitrogens with zero attached hydrogens (tertiary/aromatic N) is 1. The van der Waals surface area contributed by atoms with Gasteiger partial charge in [-0.2, -0.15) is 0 Å². The first-order chi connectivity index (χ1) is 17.0. The molecule has 0 unspecified atom stereocenters. The minimum atomic E-state index is -0.645. The number of carbonyl (C=O) groups excluding carboxylic acids is 3. The van der Waals surface area contributed by atoms with Crippen LogP contribution in [0.25, 0.3) is 11.1 Å². The number of benzene rings is 1. The minimum absolute atomic E-state index is 0.258. The lowest BCUT2D eigenvalue weighted by molar-refractivity contribution is -0.118. The molecule has 36 heavy (non-hydrogen) atoms. The van der Waals surface area contributed by atoms with Gasteiger partial charge >= 0.3 is 12.2 Å². The van der Waals surface area contributed by atoms with Crippen LogP contribution < -0.4 is 16.0 Å². The van der Waals surface area contributed by atoms with Crippen molar-refractivity contribution in [2.45, 2.75) is 45.8 Å². The molecule has 0 fully saturated rings. The quantitative estimate of drug-likeness (QED) is 0.378. The normalized spacial score (nSPS) is 12.5. The molecule has 3 N–H and O–H groups in total. The number of rotatable bonds is 9. The second-order valence-electron chi connectivity index (χ2n) is 9.08. The van der Waals surface area contributed by atoms with Crippen molar-refractivity contribution in [1.82, 2.24) is 10.3 Å². The van der Waals surface area contributed by atoms with Gasteiger partial charge in [0.2, 0.25) is 5.91 Å². The summed E-state index contributed by atoms with van der Waals surface area (Å²) in [5, 5.41) is 8.33. The highest BCUT2D eigenvalue weighted by Gasteiger charge is 2.22. The van der Waals surface area contributed by atoms with Gasteiger partial charge in [-0.05, 0) is 57.0 Å². The first kappa shape index (κ1) is 28.1. The third kappa shape index (κ3) is 8.26. The van der Waals surface area contributed by atoms with Gasteiger partial charge in [0.05, 0.1) is 30.5 Å². The van der Waals surface area contributed by atoms with Crippen LogP contribution in [-0.4, -0.2) is 35.8 Å². The lowest BCUT2D eigenvalue weighted by Crippen LogP contribution is -2.35. The molecular weight excluding hydrogens is 460 g/mol. The van der Waals surface area contributed by atoms with Crippen LogP contribution in [0.1, 0.15) is 45.9 Å². The van der Waals surface area contributed by atoms with E-state index in [0.717, 1.165) is 5.56 Å². The molecule has 1 aromatic carbocycles. The largest absolute Gasteiger partial charge is 0.453 e. The number of hydrogen-bond acceptors (Lipinski definition) is 6. The van der Waals surface area contributed by atoms with Gasteiger partial charge in [-0.3, -0.25) is 15.1 Å². The molecule has 2 atom stereocenters. The molecule has 1 aromatic heterocycles. The number of nitrogens with one attached hydrogen (secondary N) is 3. The molecule has 9 nitrogen and oxygen atoms in total. The smallest absolute Gasteiger partial charge is 0.411 e. The highest BCUT2D eigenvalue weighted by atomic mass is 16.6. The van der Waals surface area contributed by atoms with E-state index in [1.807, 2.05) is 6.07 Å². The molecule has 0 aliphatic rings. The zero-order chi connectivity index (χ0) is 26.9. The number of amides is 3. The van der Waals surface area contributed by atoms with Crippen LogP contribution >= 0.6 is 0 Å². The van der Waals surface area contributed by atoms with Gasteiger partial charge in [0.15, 0.2) is 0 Å². The number of ether oxygens (including phenoxy) is 2. The summed E-state index contributed by atoms with van der Waals surface area (Å²) < 4.78 is 10.0. The SMILES string of the molecule is C=CC[C@H](NC(=O)OC(C)(C)C)c1cc(-c2ccc(NC(=O)OC)cc2NC(=O)[C@H](C)C=C)ccn1. The molecule has 3 amide bonds. The standard InChI is InChI=1S/C27H34N4O5/c1-8-10-21(31-26(34)36-27(4,5)6)23-15-18(13-14-28-23)20-12-11-19(29-25(33)35-7)16-22(20)30-24(32)17(3)9-2/h8-9,11-17,21H,1-2,10H2,3-7H3,(H,29,33)(H,30,32)(H,31,34)/t17-,21+/m1/s1. The summed E-state index contributed by atoms with van der Waals surface area (Å²) >= 11 is 0. The van der Waals surface area contributed by atoms with Crippen molar-refractivity contribution in [1.29, 1.82) is 0 Å². The van der Waals surface area contributed by atoms with Crippen molar-refractivity contribution in [2.24, 2.45) is 5.92 Å². The van der Waals surface area contributed by atoms with Gasteiger partial charge < -0.3 is 20.1 Å². The Morgan fingerprint density at radius 2 is 1.81 bits per heavy atom. The van der Waals surface area contributed by atoms with E-state index in [1.54, 1.807) is 64.2 Å². The average molecular weight is 495 g/mol. The van der Waals surface area contributed by atoms with E-state index in [-0.39, 0.29) is 5.91 Å². The van der Waals surface area contributed by atoms with Crippen molar-refractivity contribution >= 4 is 29.5 Å². The molecule has 0 bridgehead atoms. The van der Waals surface area contributed by atoms with Crippen LogP contribution in [0.2, 0.25) is 0 Å². The molecule has 9 heteroatoms. The number of alkyl carbamates (subject to hydrolysis) is 1. The molecule has 0 radical (unpaired) electrons. The second-order valence-corrected chi connectivity index (χ2v) is 9.08. The summed E-state index contributed by atoms with van der Waals surface area (Å²) in [6, 6.07) is 8.23. The lowest BCUT2D eigenvalue weighted by Gasteiger charge is -2.23. The van der Waals surface area contributed by atoms with Gasteiger partial charge in [0.25, 0.3) is 0 Å². The van der Waals surface area contributed by atoms with E-state index in [0.29, 0.717) is 29.1 Å². The van der Waals surface area contributed by atoms with Gasteiger partial charge in [-0.25, -0.2) is 9.59 Å². The summed E-state index contributed by atoms with van der Waals surface area (Å²) in [4.78, 5) is 41.2. The van der Waals surface area contributed by atoms with Crippen molar-refractivity contribution in [3.05, 3.63) is 67.5 Å². The predicted octanol–water partition coefficient (Wildman–Crippen LogP) is 5.83. The van der Waals surface area contributed by atoms with E-state index >= 15 is 0 Å². The van der Waals surface area contributed by atoms with Gasteiger partial charge in [0.1, 0.15) is 5.60 Å². The topological polar surface area (TPSA) is 119 Å². The fraction of sp³-hybridized carbons (Fsp3) is 0.333. The predicted molar refractivity (Wildman–Crippen MR) is 141 cm³/mol. The van der Waals surface area contributed by atoms with Crippen LogP contribution in [0.4, 0.5) is 21.0 Å². The fourth-order valence-corrected chi connectivity index (χ4v) is 3.18. The van der Waals surface area contributed by atoms with Crippen LogP contribution in [-0.2, 0) is 14.3 Å². The third-order valence-electron chi connectivity index (χ3n) is 5.02.